The molecule has 0 saturated carbocycles. The van der Waals surface area contributed by atoms with Crippen LogP contribution in [0, 0.1) is 0 Å². The van der Waals surface area contributed by atoms with E-state index in [9.17, 15) is 0 Å². The van der Waals surface area contributed by atoms with Crippen LogP contribution in [-0.2, 0) is 0 Å². The van der Waals surface area contributed by atoms with Crippen LogP contribution < -0.4 is 0 Å². The molecule has 0 aliphatic heterocycles. The second kappa shape index (κ2) is 15.4. The van der Waals surface area contributed by atoms with Crippen molar-refractivity contribution in [3.63, 3.8) is 0 Å². The second-order valence-corrected chi connectivity index (χ2v) is 8.91. The lowest BCUT2D eigenvalue weighted by Gasteiger charge is -2.29. The Bertz CT molecular complexity index is 1120. The fourth-order valence-electron chi connectivity index (χ4n) is 4.57. The molecule has 6 aromatic carbocycles. The van der Waals surface area contributed by atoms with Crippen molar-refractivity contribution in [2.45, 2.75) is 11.8 Å². The highest BCUT2D eigenvalue weighted by Gasteiger charge is 2.27. The van der Waals surface area contributed by atoms with Crippen molar-refractivity contribution in [1.82, 2.24) is 0 Å². The molecule has 38 heavy (non-hydrogen) atoms. The zero-order chi connectivity index (χ0) is 26.1. The molecule has 0 bridgehead atoms. The van der Waals surface area contributed by atoms with Crippen molar-refractivity contribution < 1.29 is 0 Å². The van der Waals surface area contributed by atoms with E-state index in [1.165, 1.54) is 22.3 Å². The summed E-state index contributed by atoms with van der Waals surface area (Å²) in [6, 6.07) is 67.4. The van der Waals surface area contributed by atoms with E-state index in [2.05, 4.69) is 121 Å². The van der Waals surface area contributed by atoms with E-state index >= 15 is 0 Å². The van der Waals surface area contributed by atoms with Crippen LogP contribution in [0.3, 0.4) is 0 Å². The quantitative estimate of drug-likeness (QED) is 0.225. The maximum atomic E-state index is 2.25. The molecule has 6 aromatic rings. The van der Waals surface area contributed by atoms with Crippen molar-refractivity contribution in [3.05, 3.63) is 216 Å². The lowest BCUT2D eigenvalue weighted by Crippen LogP contribution is -2.14. The summed E-state index contributed by atoms with van der Waals surface area (Å²) in [5.74, 6) is 0.532. The predicted octanol–water partition coefficient (Wildman–Crippen LogP) is 10.0. The maximum Gasteiger partial charge on any atom is 0.0199 e. The van der Waals surface area contributed by atoms with Gasteiger partial charge in [0.25, 0.3) is 0 Å². The Morgan fingerprint density at radius 3 is 0.474 bits per heavy atom. The summed E-state index contributed by atoms with van der Waals surface area (Å²) in [6.07, 6.45) is 0. The van der Waals surface area contributed by atoms with Crippen molar-refractivity contribution >= 4 is 0 Å². The number of benzene rings is 6. The molecule has 0 radical (unpaired) electrons. The third kappa shape index (κ3) is 8.18. The van der Waals surface area contributed by atoms with Crippen LogP contribution in [0.25, 0.3) is 0 Å². The lowest BCUT2D eigenvalue weighted by molar-refractivity contribution is 0.694. The highest BCUT2D eigenvalue weighted by atomic mass is 14.3. The van der Waals surface area contributed by atoms with Gasteiger partial charge in [-0.3, -0.25) is 0 Å². The third-order valence-corrected chi connectivity index (χ3v) is 6.30. The van der Waals surface area contributed by atoms with Gasteiger partial charge in [0.05, 0.1) is 0 Å². The number of rotatable bonds is 5. The van der Waals surface area contributed by atoms with E-state index in [1.807, 2.05) is 72.8 Å². The van der Waals surface area contributed by atoms with Gasteiger partial charge in [-0.05, 0) is 22.3 Å². The molecule has 0 aliphatic rings. The van der Waals surface area contributed by atoms with E-state index in [1.54, 1.807) is 0 Å². The fraction of sp³-hybridized carbons (Fsp3) is 0.0526. The Balaban J connectivity index is 0.000000229. The maximum absolute atomic E-state index is 2.25. The highest BCUT2D eigenvalue weighted by molar-refractivity contribution is 5.44. The smallest absolute Gasteiger partial charge is 0.0199 e. The lowest BCUT2D eigenvalue weighted by atomic mass is 9.74. The predicted molar refractivity (Wildman–Crippen MR) is 162 cm³/mol. The molecule has 0 saturated heterocycles. The van der Waals surface area contributed by atoms with Gasteiger partial charge in [0.15, 0.2) is 0 Å². The molecule has 0 heterocycles. The van der Waals surface area contributed by atoms with Gasteiger partial charge in [-0.25, -0.2) is 0 Å². The summed E-state index contributed by atoms with van der Waals surface area (Å²) in [5.41, 5.74) is 5.38. The molecule has 186 valence electrons. The molecule has 0 atom stereocenters. The monoisotopic (exact) mass is 490 g/mol. The number of hydrogen-bond donors (Lipinski definition) is 0. The molecule has 0 fully saturated rings. The topological polar surface area (TPSA) is 0 Å². The molecule has 0 unspecified atom stereocenters. The largest absolute Gasteiger partial charge is 0.0623 e. The molecule has 0 heteroatoms. The van der Waals surface area contributed by atoms with E-state index < -0.39 is 0 Å². The Morgan fingerprint density at radius 1 is 0.184 bits per heavy atom. The van der Waals surface area contributed by atoms with Crippen molar-refractivity contribution in [1.29, 1.82) is 0 Å². The van der Waals surface area contributed by atoms with E-state index in [4.69, 9.17) is 0 Å². The van der Waals surface area contributed by atoms with Gasteiger partial charge >= 0.3 is 0 Å². The van der Waals surface area contributed by atoms with E-state index in [-0.39, 0.29) is 11.8 Å². The first kappa shape index (κ1) is 26.4. The zero-order valence-corrected chi connectivity index (χ0v) is 21.6. The molecule has 0 aliphatic carbocycles. The standard InChI is InChI=1S/C26H22.2C6H6/c1-5-13-21(14-6-1)25(22-15-7-2-8-16-22)26(23-17-9-3-10-18-23)24-19-11-4-12-20-24;2*1-2-4-6-5-3-1/h1-20,25-26H;2*1-6H. The van der Waals surface area contributed by atoms with Crippen LogP contribution in [0.15, 0.2) is 194 Å². The van der Waals surface area contributed by atoms with Crippen LogP contribution in [0.2, 0.25) is 0 Å². The van der Waals surface area contributed by atoms with Crippen LogP contribution >= 0.6 is 0 Å². The molecule has 0 spiro atoms. The molecular formula is C38H34. The molecule has 0 nitrogen and oxygen atoms in total. The van der Waals surface area contributed by atoms with Gasteiger partial charge in [-0.15, -0.1) is 0 Å². The summed E-state index contributed by atoms with van der Waals surface area (Å²) < 4.78 is 0. The first-order valence-corrected chi connectivity index (χ1v) is 13.1. The Hall–Kier alpha value is -4.68. The molecule has 0 aromatic heterocycles. The van der Waals surface area contributed by atoms with E-state index in [0.29, 0.717) is 0 Å². The second-order valence-electron chi connectivity index (χ2n) is 8.91. The Kier molecular flexibility index (Phi) is 10.7. The van der Waals surface area contributed by atoms with Gasteiger partial charge in [0, 0.05) is 11.8 Å². The third-order valence-electron chi connectivity index (χ3n) is 6.30. The minimum absolute atomic E-state index is 0.266. The highest BCUT2D eigenvalue weighted by Crippen LogP contribution is 2.42. The van der Waals surface area contributed by atoms with Crippen LogP contribution in [0.1, 0.15) is 34.1 Å². The first-order chi connectivity index (χ1) is 18.9. The average molecular weight is 491 g/mol. The summed E-state index contributed by atoms with van der Waals surface area (Å²) >= 11 is 0. The van der Waals surface area contributed by atoms with Crippen molar-refractivity contribution in [3.8, 4) is 0 Å². The fourth-order valence-corrected chi connectivity index (χ4v) is 4.57. The minimum atomic E-state index is 0.266. The summed E-state index contributed by atoms with van der Waals surface area (Å²) in [6.45, 7) is 0. The molecule has 6 rings (SSSR count). The molecule has 0 N–H and O–H groups in total. The van der Waals surface area contributed by atoms with Gasteiger partial charge in [-0.1, -0.05) is 194 Å². The normalized spacial score (nSPS) is 10.1. The summed E-state index contributed by atoms with van der Waals surface area (Å²) in [7, 11) is 0. The van der Waals surface area contributed by atoms with Gasteiger partial charge in [0.2, 0.25) is 0 Å². The Labute approximate surface area is 227 Å². The Morgan fingerprint density at radius 2 is 0.316 bits per heavy atom. The van der Waals surface area contributed by atoms with E-state index in [0.717, 1.165) is 0 Å². The molecular weight excluding hydrogens is 456 g/mol. The van der Waals surface area contributed by atoms with Crippen molar-refractivity contribution in [2.75, 3.05) is 0 Å². The van der Waals surface area contributed by atoms with Gasteiger partial charge < -0.3 is 0 Å². The minimum Gasteiger partial charge on any atom is -0.0623 e. The van der Waals surface area contributed by atoms with Gasteiger partial charge in [0.1, 0.15) is 0 Å². The average Bonchev–Trinajstić information content (AvgIpc) is 3.04. The zero-order valence-electron chi connectivity index (χ0n) is 21.6. The molecule has 0 amide bonds. The SMILES string of the molecule is c1ccc(C(c2ccccc2)C(c2ccccc2)c2ccccc2)cc1.c1ccccc1.c1ccccc1. The van der Waals surface area contributed by atoms with Crippen LogP contribution in [0.4, 0.5) is 0 Å². The summed E-state index contributed by atoms with van der Waals surface area (Å²) in [5, 5.41) is 0. The van der Waals surface area contributed by atoms with Crippen molar-refractivity contribution in [2.24, 2.45) is 0 Å². The van der Waals surface area contributed by atoms with Gasteiger partial charge in [-0.2, -0.15) is 0 Å². The van der Waals surface area contributed by atoms with Crippen LogP contribution in [0.5, 0.6) is 0 Å². The first-order valence-electron chi connectivity index (χ1n) is 13.1. The number of hydrogen-bond acceptors (Lipinski definition) is 0. The summed E-state index contributed by atoms with van der Waals surface area (Å²) in [4.78, 5) is 0. The van der Waals surface area contributed by atoms with Crippen LogP contribution in [-0.4, -0.2) is 0 Å².